The minimum atomic E-state index is -3.54. The quantitative estimate of drug-likeness (QED) is 0.675. The molecule has 2 aromatic rings. The molecule has 2 atom stereocenters. The number of rotatable bonds is 6. The van der Waals surface area contributed by atoms with Crippen LogP contribution in [0.3, 0.4) is 0 Å². The summed E-state index contributed by atoms with van der Waals surface area (Å²) in [5, 5.41) is 2.89. The maximum absolute atomic E-state index is 14.8. The number of amides is 1. The third kappa shape index (κ3) is 5.59. The van der Waals surface area contributed by atoms with E-state index in [4.69, 9.17) is 4.74 Å². The first-order valence-electron chi connectivity index (χ1n) is 11.8. The summed E-state index contributed by atoms with van der Waals surface area (Å²) >= 11 is 0. The van der Waals surface area contributed by atoms with E-state index in [1.54, 1.807) is 36.4 Å². The van der Waals surface area contributed by atoms with Gasteiger partial charge in [-0.25, -0.2) is 12.8 Å². The maximum Gasteiger partial charge on any atom is 0.243 e. The first kappa shape index (κ1) is 24.6. The van der Waals surface area contributed by atoms with Crippen molar-refractivity contribution in [3.8, 4) is 0 Å². The average Bonchev–Trinajstić information content (AvgIpc) is 2.82. The number of nitrogens with one attached hydrogen (secondary N) is 1. The Morgan fingerprint density at radius 2 is 1.71 bits per heavy atom. The molecular formula is C25H32FN3O4S. The summed E-state index contributed by atoms with van der Waals surface area (Å²) in [6.07, 6.45) is 0.990. The van der Waals surface area contributed by atoms with E-state index in [9.17, 15) is 17.6 Å². The highest BCUT2D eigenvalue weighted by atomic mass is 32.2. The van der Waals surface area contributed by atoms with E-state index < -0.39 is 10.0 Å². The minimum absolute atomic E-state index is 0.0382. The number of nitrogens with zero attached hydrogens (tertiary/aromatic N) is 2. The molecule has 34 heavy (non-hydrogen) atoms. The lowest BCUT2D eigenvalue weighted by atomic mass is 9.97. The van der Waals surface area contributed by atoms with Gasteiger partial charge in [-0.05, 0) is 56.5 Å². The van der Waals surface area contributed by atoms with Gasteiger partial charge >= 0.3 is 0 Å². The normalized spacial score (nSPS) is 22.5. The molecule has 4 rings (SSSR count). The molecule has 7 nitrogen and oxygen atoms in total. The lowest BCUT2D eigenvalue weighted by molar-refractivity contribution is -0.126. The molecule has 1 N–H and O–H groups in total. The summed E-state index contributed by atoms with van der Waals surface area (Å²) in [5.74, 6) is -0.702. The molecule has 0 aromatic heterocycles. The van der Waals surface area contributed by atoms with E-state index in [2.05, 4.69) is 5.32 Å². The summed E-state index contributed by atoms with van der Waals surface area (Å²) in [7, 11) is -3.54. The number of carbonyl (C=O) groups is 1. The number of hydrogen-bond donors (Lipinski definition) is 1. The van der Waals surface area contributed by atoms with Crippen molar-refractivity contribution in [1.82, 2.24) is 9.62 Å². The molecule has 2 fully saturated rings. The molecule has 2 aromatic carbocycles. The first-order chi connectivity index (χ1) is 16.2. The molecule has 0 saturated carbocycles. The Bertz CT molecular complexity index is 1090. The smallest absolute Gasteiger partial charge is 0.243 e. The Labute approximate surface area is 200 Å². The highest BCUT2D eigenvalue weighted by Gasteiger charge is 2.32. The second-order valence-corrected chi connectivity index (χ2v) is 11.1. The van der Waals surface area contributed by atoms with Crippen molar-refractivity contribution < 1.29 is 22.3 Å². The standard InChI is InChI=1S/C25H32FN3O4S/c1-18-16-28(17-19(2)33-18)24-9-8-20(14-23(24)26)15-27-25(30)21-10-12-29(13-11-21)34(31,32)22-6-4-3-5-7-22/h3-9,14,18-19,21H,10-13,15-17H2,1-2H3,(H,27,30). The fourth-order valence-corrected chi connectivity index (χ4v) is 6.22. The third-order valence-corrected chi connectivity index (χ3v) is 8.36. The van der Waals surface area contributed by atoms with Crippen LogP contribution in [-0.2, 0) is 26.1 Å². The van der Waals surface area contributed by atoms with Gasteiger partial charge in [-0.3, -0.25) is 4.79 Å². The third-order valence-electron chi connectivity index (χ3n) is 6.44. The van der Waals surface area contributed by atoms with Gasteiger partial charge in [-0.2, -0.15) is 4.31 Å². The van der Waals surface area contributed by atoms with Crippen LogP contribution in [0.15, 0.2) is 53.4 Å². The Morgan fingerprint density at radius 3 is 2.32 bits per heavy atom. The molecule has 2 heterocycles. The van der Waals surface area contributed by atoms with Crippen LogP contribution in [-0.4, -0.2) is 57.0 Å². The molecule has 1 amide bonds. The Morgan fingerprint density at radius 1 is 1.06 bits per heavy atom. The number of anilines is 1. The molecule has 2 saturated heterocycles. The number of benzene rings is 2. The van der Waals surface area contributed by atoms with E-state index in [1.807, 2.05) is 24.8 Å². The van der Waals surface area contributed by atoms with Crippen molar-refractivity contribution in [2.24, 2.45) is 5.92 Å². The fourth-order valence-electron chi connectivity index (χ4n) is 4.72. The van der Waals surface area contributed by atoms with Crippen LogP contribution in [0, 0.1) is 11.7 Å². The summed E-state index contributed by atoms with van der Waals surface area (Å²) < 4.78 is 47.5. The first-order valence-corrected chi connectivity index (χ1v) is 13.2. The fraction of sp³-hybridized carbons (Fsp3) is 0.480. The Balaban J connectivity index is 1.29. The Kier molecular flexibility index (Phi) is 7.54. The maximum atomic E-state index is 14.8. The van der Waals surface area contributed by atoms with Crippen LogP contribution in [0.4, 0.5) is 10.1 Å². The van der Waals surface area contributed by atoms with Crippen molar-refractivity contribution in [2.45, 2.75) is 50.3 Å². The zero-order valence-electron chi connectivity index (χ0n) is 19.6. The topological polar surface area (TPSA) is 79.0 Å². The van der Waals surface area contributed by atoms with Crippen molar-refractivity contribution in [2.75, 3.05) is 31.1 Å². The van der Waals surface area contributed by atoms with Gasteiger partial charge in [0.1, 0.15) is 5.82 Å². The second kappa shape index (κ2) is 10.4. The number of halogens is 1. The van der Waals surface area contributed by atoms with Crippen LogP contribution >= 0.6 is 0 Å². The number of hydrogen-bond acceptors (Lipinski definition) is 5. The number of carbonyl (C=O) groups excluding carboxylic acids is 1. The van der Waals surface area contributed by atoms with E-state index in [0.717, 1.165) is 0 Å². The van der Waals surface area contributed by atoms with Crippen LogP contribution in [0.1, 0.15) is 32.3 Å². The summed E-state index contributed by atoms with van der Waals surface area (Å²) in [6, 6.07) is 13.4. The summed E-state index contributed by atoms with van der Waals surface area (Å²) in [4.78, 5) is 14.9. The minimum Gasteiger partial charge on any atom is -0.372 e. The van der Waals surface area contributed by atoms with Crippen molar-refractivity contribution >= 4 is 21.6 Å². The predicted octanol–water partition coefficient (Wildman–Crippen LogP) is 3.16. The van der Waals surface area contributed by atoms with Crippen molar-refractivity contribution in [1.29, 1.82) is 0 Å². The zero-order valence-corrected chi connectivity index (χ0v) is 20.4. The zero-order chi connectivity index (χ0) is 24.3. The lowest BCUT2D eigenvalue weighted by Crippen LogP contribution is -2.45. The monoisotopic (exact) mass is 489 g/mol. The highest BCUT2D eigenvalue weighted by Crippen LogP contribution is 2.26. The lowest BCUT2D eigenvalue weighted by Gasteiger charge is -2.37. The van der Waals surface area contributed by atoms with E-state index in [-0.39, 0.29) is 41.3 Å². The van der Waals surface area contributed by atoms with E-state index in [0.29, 0.717) is 50.3 Å². The van der Waals surface area contributed by atoms with Gasteiger partial charge in [0, 0.05) is 38.6 Å². The van der Waals surface area contributed by atoms with Crippen molar-refractivity contribution in [3.05, 3.63) is 59.9 Å². The molecule has 184 valence electrons. The van der Waals surface area contributed by atoms with Gasteiger partial charge in [0.2, 0.25) is 15.9 Å². The molecule has 0 bridgehead atoms. The molecule has 0 spiro atoms. The Hall–Kier alpha value is -2.49. The molecule has 2 aliphatic rings. The highest BCUT2D eigenvalue weighted by molar-refractivity contribution is 7.89. The van der Waals surface area contributed by atoms with Gasteiger partial charge in [-0.15, -0.1) is 0 Å². The van der Waals surface area contributed by atoms with Crippen molar-refractivity contribution in [3.63, 3.8) is 0 Å². The molecular weight excluding hydrogens is 457 g/mol. The summed E-state index contributed by atoms with van der Waals surface area (Å²) in [5.41, 5.74) is 1.23. The van der Waals surface area contributed by atoms with Gasteiger partial charge in [0.05, 0.1) is 22.8 Å². The molecule has 0 aliphatic carbocycles. The van der Waals surface area contributed by atoms with Gasteiger partial charge in [-0.1, -0.05) is 24.3 Å². The second-order valence-electron chi connectivity index (χ2n) is 9.16. The molecule has 2 aliphatic heterocycles. The molecule has 9 heteroatoms. The van der Waals surface area contributed by atoms with Crippen LogP contribution in [0.2, 0.25) is 0 Å². The summed E-state index contributed by atoms with van der Waals surface area (Å²) in [6.45, 7) is 6.06. The number of piperidine rings is 1. The molecule has 0 radical (unpaired) electrons. The average molecular weight is 490 g/mol. The number of ether oxygens (including phenoxy) is 1. The van der Waals surface area contributed by atoms with Crippen LogP contribution < -0.4 is 10.2 Å². The van der Waals surface area contributed by atoms with Gasteiger partial charge in [0.15, 0.2) is 0 Å². The van der Waals surface area contributed by atoms with Crippen LogP contribution in [0.5, 0.6) is 0 Å². The number of morpholine rings is 1. The van der Waals surface area contributed by atoms with E-state index in [1.165, 1.54) is 10.4 Å². The molecule has 2 unspecified atom stereocenters. The number of sulfonamides is 1. The largest absolute Gasteiger partial charge is 0.372 e. The van der Waals surface area contributed by atoms with Gasteiger partial charge < -0.3 is 15.0 Å². The van der Waals surface area contributed by atoms with Gasteiger partial charge in [0.25, 0.3) is 0 Å². The SMILES string of the molecule is CC1CN(c2ccc(CNC(=O)C3CCN(S(=O)(=O)c4ccccc4)CC3)cc2F)CC(C)O1. The van der Waals surface area contributed by atoms with Crippen LogP contribution in [0.25, 0.3) is 0 Å². The van der Waals surface area contributed by atoms with E-state index >= 15 is 0 Å². The predicted molar refractivity (Wildman–Crippen MR) is 128 cm³/mol.